The SMILES string of the molecule is CCOC(=O)C(O)c1cccc2c1OCCO2. The molecule has 0 saturated heterocycles. The molecule has 2 rings (SSSR count). The monoisotopic (exact) mass is 238 g/mol. The van der Waals surface area contributed by atoms with Crippen molar-refractivity contribution in [1.29, 1.82) is 0 Å². The first kappa shape index (κ1) is 11.7. The molecule has 0 radical (unpaired) electrons. The molecule has 1 aromatic rings. The van der Waals surface area contributed by atoms with Crippen LogP contribution in [-0.2, 0) is 9.53 Å². The number of hydrogen-bond acceptors (Lipinski definition) is 5. The topological polar surface area (TPSA) is 65.0 Å². The van der Waals surface area contributed by atoms with E-state index in [4.69, 9.17) is 14.2 Å². The zero-order valence-corrected chi connectivity index (χ0v) is 9.51. The van der Waals surface area contributed by atoms with Crippen LogP contribution in [0.2, 0.25) is 0 Å². The molecule has 1 aromatic carbocycles. The van der Waals surface area contributed by atoms with E-state index in [-0.39, 0.29) is 6.61 Å². The molecular formula is C12H14O5. The molecule has 0 spiro atoms. The molecule has 0 fully saturated rings. The summed E-state index contributed by atoms with van der Waals surface area (Å²) in [5.74, 6) is 0.270. The fraction of sp³-hybridized carbons (Fsp3) is 0.417. The normalized spacial score (nSPS) is 15.2. The second kappa shape index (κ2) is 5.05. The van der Waals surface area contributed by atoms with Crippen LogP contribution in [0.15, 0.2) is 18.2 Å². The third-order valence-electron chi connectivity index (χ3n) is 2.40. The highest BCUT2D eigenvalue weighted by Crippen LogP contribution is 2.37. The Morgan fingerprint density at radius 1 is 1.47 bits per heavy atom. The highest BCUT2D eigenvalue weighted by Gasteiger charge is 2.26. The molecule has 17 heavy (non-hydrogen) atoms. The standard InChI is InChI=1S/C12H14O5/c1-2-15-12(14)10(13)8-4-3-5-9-11(8)17-7-6-16-9/h3-5,10,13H,2,6-7H2,1H3. The van der Waals surface area contributed by atoms with Crippen molar-refractivity contribution in [3.05, 3.63) is 23.8 Å². The zero-order chi connectivity index (χ0) is 12.3. The van der Waals surface area contributed by atoms with Crippen molar-refractivity contribution < 1.29 is 24.1 Å². The van der Waals surface area contributed by atoms with Crippen LogP contribution in [0.3, 0.4) is 0 Å². The van der Waals surface area contributed by atoms with Crippen LogP contribution < -0.4 is 9.47 Å². The molecule has 1 heterocycles. The van der Waals surface area contributed by atoms with Crippen molar-refractivity contribution in [2.45, 2.75) is 13.0 Å². The van der Waals surface area contributed by atoms with Gasteiger partial charge in [-0.3, -0.25) is 0 Å². The number of carbonyl (C=O) groups excluding carboxylic acids is 1. The van der Waals surface area contributed by atoms with E-state index in [2.05, 4.69) is 0 Å². The maximum absolute atomic E-state index is 11.5. The largest absolute Gasteiger partial charge is 0.486 e. The molecule has 1 unspecified atom stereocenters. The summed E-state index contributed by atoms with van der Waals surface area (Å²) in [6.45, 7) is 2.78. The van der Waals surface area contributed by atoms with E-state index in [9.17, 15) is 9.90 Å². The molecular weight excluding hydrogens is 224 g/mol. The number of para-hydroxylation sites is 1. The van der Waals surface area contributed by atoms with Gasteiger partial charge in [-0.25, -0.2) is 4.79 Å². The molecule has 0 aromatic heterocycles. The lowest BCUT2D eigenvalue weighted by molar-refractivity contribution is -0.153. The van der Waals surface area contributed by atoms with Gasteiger partial charge in [-0.15, -0.1) is 0 Å². The average Bonchev–Trinajstić information content (AvgIpc) is 2.37. The van der Waals surface area contributed by atoms with E-state index in [0.29, 0.717) is 30.3 Å². The zero-order valence-electron chi connectivity index (χ0n) is 9.51. The molecule has 1 aliphatic rings. The summed E-state index contributed by atoms with van der Waals surface area (Å²) in [5.41, 5.74) is 0.376. The lowest BCUT2D eigenvalue weighted by atomic mass is 10.1. The number of aliphatic hydroxyl groups excluding tert-OH is 1. The molecule has 0 saturated carbocycles. The summed E-state index contributed by atoms with van der Waals surface area (Å²) in [4.78, 5) is 11.5. The predicted octanol–water partition coefficient (Wildman–Crippen LogP) is 1.05. The molecule has 1 N–H and O–H groups in total. The molecule has 1 atom stereocenters. The Morgan fingerprint density at radius 2 is 2.24 bits per heavy atom. The predicted molar refractivity (Wildman–Crippen MR) is 59.0 cm³/mol. The van der Waals surface area contributed by atoms with Crippen molar-refractivity contribution in [1.82, 2.24) is 0 Å². The third kappa shape index (κ3) is 2.34. The highest BCUT2D eigenvalue weighted by molar-refractivity contribution is 5.77. The van der Waals surface area contributed by atoms with Crippen LogP contribution in [-0.4, -0.2) is 30.9 Å². The molecule has 92 valence electrons. The van der Waals surface area contributed by atoms with Gasteiger partial charge in [0.2, 0.25) is 0 Å². The first-order chi connectivity index (χ1) is 8.24. The van der Waals surface area contributed by atoms with Crippen molar-refractivity contribution in [2.75, 3.05) is 19.8 Å². The van der Waals surface area contributed by atoms with Gasteiger partial charge < -0.3 is 19.3 Å². The summed E-state index contributed by atoms with van der Waals surface area (Å²) in [5, 5.41) is 9.87. The quantitative estimate of drug-likeness (QED) is 0.797. The van der Waals surface area contributed by atoms with Gasteiger partial charge in [-0.2, -0.15) is 0 Å². The number of fused-ring (bicyclic) bond motifs is 1. The van der Waals surface area contributed by atoms with Crippen molar-refractivity contribution in [2.24, 2.45) is 0 Å². The highest BCUT2D eigenvalue weighted by atomic mass is 16.6. The van der Waals surface area contributed by atoms with Gasteiger partial charge >= 0.3 is 5.97 Å². The number of carbonyl (C=O) groups is 1. The van der Waals surface area contributed by atoms with Crippen LogP contribution in [0, 0.1) is 0 Å². The van der Waals surface area contributed by atoms with E-state index in [1.54, 1.807) is 25.1 Å². The Kier molecular flexibility index (Phi) is 3.49. The maximum atomic E-state index is 11.5. The average molecular weight is 238 g/mol. The number of rotatable bonds is 3. The molecule has 0 amide bonds. The van der Waals surface area contributed by atoms with Crippen molar-refractivity contribution in [3.8, 4) is 11.5 Å². The number of ether oxygens (including phenoxy) is 3. The molecule has 5 heteroatoms. The molecule has 0 bridgehead atoms. The third-order valence-corrected chi connectivity index (χ3v) is 2.40. The van der Waals surface area contributed by atoms with Gasteiger partial charge in [0.15, 0.2) is 17.6 Å². The van der Waals surface area contributed by atoms with Gasteiger partial charge in [0.1, 0.15) is 13.2 Å². The first-order valence-corrected chi connectivity index (χ1v) is 5.47. The summed E-state index contributed by atoms with van der Waals surface area (Å²) in [6.07, 6.45) is -1.34. The molecule has 1 aliphatic heterocycles. The lowest BCUT2D eigenvalue weighted by Crippen LogP contribution is -2.20. The van der Waals surface area contributed by atoms with Crippen LogP contribution in [0.25, 0.3) is 0 Å². The van der Waals surface area contributed by atoms with E-state index >= 15 is 0 Å². The summed E-state index contributed by atoms with van der Waals surface area (Å²) in [6, 6.07) is 5.05. The van der Waals surface area contributed by atoms with Crippen LogP contribution in [0.1, 0.15) is 18.6 Å². The minimum Gasteiger partial charge on any atom is -0.486 e. The summed E-state index contributed by atoms with van der Waals surface area (Å²) >= 11 is 0. The smallest absolute Gasteiger partial charge is 0.339 e. The van der Waals surface area contributed by atoms with Crippen LogP contribution >= 0.6 is 0 Å². The van der Waals surface area contributed by atoms with E-state index in [1.165, 1.54) is 0 Å². The Bertz CT molecular complexity index is 415. The van der Waals surface area contributed by atoms with Gasteiger partial charge in [0, 0.05) is 5.56 Å². The summed E-state index contributed by atoms with van der Waals surface area (Å²) in [7, 11) is 0. The van der Waals surface area contributed by atoms with Crippen molar-refractivity contribution in [3.63, 3.8) is 0 Å². The number of benzene rings is 1. The minimum atomic E-state index is -1.34. The fourth-order valence-corrected chi connectivity index (χ4v) is 1.66. The number of hydrogen-bond donors (Lipinski definition) is 1. The van der Waals surface area contributed by atoms with Crippen LogP contribution in [0.4, 0.5) is 0 Å². The number of esters is 1. The van der Waals surface area contributed by atoms with E-state index in [1.807, 2.05) is 0 Å². The Labute approximate surface area is 98.9 Å². The number of aliphatic hydroxyl groups is 1. The van der Waals surface area contributed by atoms with Gasteiger partial charge in [0.05, 0.1) is 6.61 Å². The van der Waals surface area contributed by atoms with Crippen LogP contribution in [0.5, 0.6) is 11.5 Å². The van der Waals surface area contributed by atoms with Gasteiger partial charge in [-0.1, -0.05) is 12.1 Å². The lowest BCUT2D eigenvalue weighted by Gasteiger charge is -2.22. The Hall–Kier alpha value is -1.75. The summed E-state index contributed by atoms with van der Waals surface area (Å²) < 4.78 is 15.5. The van der Waals surface area contributed by atoms with Gasteiger partial charge in [-0.05, 0) is 13.0 Å². The second-order valence-electron chi connectivity index (χ2n) is 3.53. The second-order valence-corrected chi connectivity index (χ2v) is 3.53. The van der Waals surface area contributed by atoms with E-state index < -0.39 is 12.1 Å². The minimum absolute atomic E-state index is 0.224. The molecule has 0 aliphatic carbocycles. The first-order valence-electron chi connectivity index (χ1n) is 5.47. The van der Waals surface area contributed by atoms with Crippen molar-refractivity contribution >= 4 is 5.97 Å². The van der Waals surface area contributed by atoms with E-state index in [0.717, 1.165) is 0 Å². The Morgan fingerprint density at radius 3 is 3.00 bits per heavy atom. The Balaban J connectivity index is 2.28. The van der Waals surface area contributed by atoms with Gasteiger partial charge in [0.25, 0.3) is 0 Å². The fourth-order valence-electron chi connectivity index (χ4n) is 1.66. The molecule has 5 nitrogen and oxygen atoms in total. The maximum Gasteiger partial charge on any atom is 0.339 e.